The van der Waals surface area contributed by atoms with Crippen LogP contribution in [0.4, 0.5) is 5.69 Å². The van der Waals surface area contributed by atoms with Crippen molar-refractivity contribution in [2.75, 3.05) is 12.0 Å². The maximum atomic E-state index is 13.3. The number of Topliss-reactive ketones (excluding diaryl/α,β-unsaturated/α-hetero) is 1. The van der Waals surface area contributed by atoms with E-state index in [0.717, 1.165) is 11.1 Å². The molecular weight excluding hydrogens is 477 g/mol. The van der Waals surface area contributed by atoms with E-state index in [4.69, 9.17) is 27.9 Å². The van der Waals surface area contributed by atoms with Crippen molar-refractivity contribution < 1.29 is 24.5 Å². The van der Waals surface area contributed by atoms with E-state index >= 15 is 0 Å². The first-order valence-electron chi connectivity index (χ1n) is 10.3. The summed E-state index contributed by atoms with van der Waals surface area (Å²) in [5.74, 6) is -1.81. The number of carbonyl (C=O) groups excluding carboxylic acids is 2. The van der Waals surface area contributed by atoms with Gasteiger partial charge < -0.3 is 14.9 Å². The summed E-state index contributed by atoms with van der Waals surface area (Å²) < 4.78 is 5.50. The minimum Gasteiger partial charge on any atom is -0.508 e. The van der Waals surface area contributed by atoms with Gasteiger partial charge in [-0.3, -0.25) is 14.5 Å². The summed E-state index contributed by atoms with van der Waals surface area (Å²) in [6.07, 6.45) is 0. The zero-order valence-electron chi connectivity index (χ0n) is 18.6. The number of carbonyl (C=O) groups is 2. The molecule has 0 spiro atoms. The molecule has 34 heavy (non-hydrogen) atoms. The lowest BCUT2D eigenvalue weighted by atomic mass is 9.93. The number of methoxy groups -OCH3 is 1. The van der Waals surface area contributed by atoms with Crippen molar-refractivity contribution in [1.82, 2.24) is 0 Å². The second kappa shape index (κ2) is 9.05. The standard InChI is InChI=1S/C26H21Cl2NO5/c1-13-7-14(2)25(34-3)20(8-13)23(31)21-22(15-5-4-6-19(30)9-15)29(26(33)24(21)32)18-11-16(27)10-17(28)12-18/h4-12,22,30-31H,1-3H3/b23-21+. The topological polar surface area (TPSA) is 87.1 Å². The summed E-state index contributed by atoms with van der Waals surface area (Å²) in [5, 5.41) is 22.1. The van der Waals surface area contributed by atoms with E-state index in [0.29, 0.717) is 11.3 Å². The number of phenols is 1. The summed E-state index contributed by atoms with van der Waals surface area (Å²) in [4.78, 5) is 27.8. The molecule has 0 radical (unpaired) electrons. The number of benzene rings is 3. The Bertz CT molecular complexity index is 1350. The molecule has 0 bridgehead atoms. The van der Waals surface area contributed by atoms with Crippen LogP contribution in [-0.4, -0.2) is 29.0 Å². The molecule has 0 aliphatic carbocycles. The molecule has 4 rings (SSSR count). The van der Waals surface area contributed by atoms with Crippen molar-refractivity contribution in [2.24, 2.45) is 0 Å². The van der Waals surface area contributed by atoms with Gasteiger partial charge in [0.25, 0.3) is 11.7 Å². The van der Waals surface area contributed by atoms with Gasteiger partial charge in [0.15, 0.2) is 0 Å². The number of rotatable bonds is 4. The second-order valence-electron chi connectivity index (χ2n) is 8.05. The van der Waals surface area contributed by atoms with E-state index in [1.807, 2.05) is 19.9 Å². The van der Waals surface area contributed by atoms with Crippen LogP contribution in [0.15, 0.2) is 60.2 Å². The van der Waals surface area contributed by atoms with E-state index in [1.54, 1.807) is 18.2 Å². The van der Waals surface area contributed by atoms with Crippen molar-refractivity contribution in [3.63, 3.8) is 0 Å². The number of hydrogen-bond donors (Lipinski definition) is 2. The molecule has 6 nitrogen and oxygen atoms in total. The van der Waals surface area contributed by atoms with Gasteiger partial charge in [-0.15, -0.1) is 0 Å². The minimum atomic E-state index is -1.05. The van der Waals surface area contributed by atoms with Crippen LogP contribution in [0.2, 0.25) is 10.0 Å². The van der Waals surface area contributed by atoms with E-state index in [1.165, 1.54) is 42.3 Å². The number of halogens is 2. The average molecular weight is 498 g/mol. The van der Waals surface area contributed by atoms with E-state index in [9.17, 15) is 19.8 Å². The van der Waals surface area contributed by atoms with Crippen LogP contribution in [0.5, 0.6) is 11.5 Å². The first-order valence-corrected chi connectivity index (χ1v) is 11.1. The number of phenolic OH excluding ortho intramolecular Hbond substituents is 1. The number of anilines is 1. The largest absolute Gasteiger partial charge is 0.508 e. The maximum absolute atomic E-state index is 13.3. The smallest absolute Gasteiger partial charge is 0.300 e. The van der Waals surface area contributed by atoms with Gasteiger partial charge in [-0.2, -0.15) is 0 Å². The molecule has 3 aromatic carbocycles. The van der Waals surface area contributed by atoms with E-state index in [2.05, 4.69) is 0 Å². The fourth-order valence-electron chi connectivity index (χ4n) is 4.33. The number of ketones is 1. The van der Waals surface area contributed by atoms with Crippen molar-refractivity contribution in [3.8, 4) is 11.5 Å². The number of hydrogen-bond acceptors (Lipinski definition) is 5. The van der Waals surface area contributed by atoms with Crippen LogP contribution < -0.4 is 9.64 Å². The normalized spacial score (nSPS) is 17.3. The Kier molecular flexibility index (Phi) is 6.30. The molecule has 1 unspecified atom stereocenters. The molecule has 1 saturated heterocycles. The summed E-state index contributed by atoms with van der Waals surface area (Å²) >= 11 is 12.4. The fourth-order valence-corrected chi connectivity index (χ4v) is 4.85. The zero-order valence-corrected chi connectivity index (χ0v) is 20.1. The average Bonchev–Trinajstić information content (AvgIpc) is 3.03. The van der Waals surface area contributed by atoms with Crippen LogP contribution in [0.1, 0.15) is 28.3 Å². The van der Waals surface area contributed by atoms with Gasteiger partial charge in [-0.25, -0.2) is 0 Å². The highest BCUT2D eigenvalue weighted by atomic mass is 35.5. The predicted molar refractivity (Wildman–Crippen MR) is 132 cm³/mol. The number of aliphatic hydroxyl groups excluding tert-OH is 1. The first kappa shape index (κ1) is 23.7. The minimum absolute atomic E-state index is 0.0591. The van der Waals surface area contributed by atoms with Gasteiger partial charge in [0.1, 0.15) is 17.3 Å². The predicted octanol–water partition coefficient (Wildman–Crippen LogP) is 5.95. The Hall–Kier alpha value is -3.48. The zero-order chi connectivity index (χ0) is 24.7. The van der Waals surface area contributed by atoms with Crippen LogP contribution in [0, 0.1) is 13.8 Å². The monoisotopic (exact) mass is 497 g/mol. The van der Waals surface area contributed by atoms with Crippen molar-refractivity contribution in [1.29, 1.82) is 0 Å². The number of aryl methyl sites for hydroxylation is 2. The Labute approximate surface area is 206 Å². The molecule has 3 aromatic rings. The highest BCUT2D eigenvalue weighted by Crippen LogP contribution is 2.45. The third-order valence-electron chi connectivity index (χ3n) is 5.63. The van der Waals surface area contributed by atoms with Crippen LogP contribution in [-0.2, 0) is 9.59 Å². The third-order valence-corrected chi connectivity index (χ3v) is 6.07. The molecule has 174 valence electrons. The molecule has 0 aromatic heterocycles. The van der Waals surface area contributed by atoms with Gasteiger partial charge in [-0.05, 0) is 66.9 Å². The SMILES string of the molecule is COc1c(C)cc(C)cc1/C(O)=C1\C(=O)C(=O)N(c2cc(Cl)cc(Cl)c2)C1c1cccc(O)c1. The lowest BCUT2D eigenvalue weighted by Gasteiger charge is -2.26. The Morgan fingerprint density at radius 3 is 2.29 bits per heavy atom. The van der Waals surface area contributed by atoms with Gasteiger partial charge in [0, 0.05) is 15.7 Å². The van der Waals surface area contributed by atoms with E-state index in [-0.39, 0.29) is 38.4 Å². The fraction of sp³-hybridized carbons (Fsp3) is 0.154. The van der Waals surface area contributed by atoms with Crippen LogP contribution >= 0.6 is 23.2 Å². The summed E-state index contributed by atoms with van der Waals surface area (Å²) in [7, 11) is 1.47. The summed E-state index contributed by atoms with van der Waals surface area (Å²) in [6.45, 7) is 3.67. The van der Waals surface area contributed by atoms with Crippen LogP contribution in [0.25, 0.3) is 5.76 Å². The van der Waals surface area contributed by atoms with Crippen molar-refractivity contribution in [3.05, 3.63) is 92.5 Å². The quantitative estimate of drug-likeness (QED) is 0.264. The number of aliphatic hydroxyl groups is 1. The lowest BCUT2D eigenvalue weighted by Crippen LogP contribution is -2.29. The molecule has 1 atom stereocenters. The Morgan fingerprint density at radius 1 is 1.00 bits per heavy atom. The molecule has 0 saturated carbocycles. The van der Waals surface area contributed by atoms with Gasteiger partial charge in [0.2, 0.25) is 0 Å². The van der Waals surface area contributed by atoms with E-state index < -0.39 is 17.7 Å². The molecule has 1 heterocycles. The molecule has 1 aliphatic heterocycles. The van der Waals surface area contributed by atoms with Crippen molar-refractivity contribution >= 4 is 46.3 Å². The highest BCUT2D eigenvalue weighted by molar-refractivity contribution is 6.52. The van der Waals surface area contributed by atoms with Gasteiger partial charge in [0.05, 0.1) is 24.3 Å². The molecule has 1 amide bonds. The second-order valence-corrected chi connectivity index (χ2v) is 8.93. The molecule has 1 aliphatic rings. The Balaban J connectivity index is 2.04. The molecule has 2 N–H and O–H groups in total. The number of nitrogens with zero attached hydrogens (tertiary/aromatic N) is 1. The first-order chi connectivity index (χ1) is 16.1. The lowest BCUT2D eigenvalue weighted by molar-refractivity contribution is -0.132. The number of amides is 1. The maximum Gasteiger partial charge on any atom is 0.300 e. The van der Waals surface area contributed by atoms with Crippen molar-refractivity contribution in [2.45, 2.75) is 19.9 Å². The van der Waals surface area contributed by atoms with Gasteiger partial charge in [-0.1, -0.05) is 41.4 Å². The Morgan fingerprint density at radius 2 is 1.68 bits per heavy atom. The molecule has 1 fully saturated rings. The number of ether oxygens (including phenoxy) is 1. The molecular formula is C26H21Cl2NO5. The summed E-state index contributed by atoms with van der Waals surface area (Å²) in [5.41, 5.74) is 2.43. The number of aromatic hydroxyl groups is 1. The highest BCUT2D eigenvalue weighted by Gasteiger charge is 2.47. The third kappa shape index (κ3) is 4.11. The van der Waals surface area contributed by atoms with Gasteiger partial charge >= 0.3 is 0 Å². The van der Waals surface area contributed by atoms with Crippen LogP contribution in [0.3, 0.4) is 0 Å². The summed E-state index contributed by atoms with van der Waals surface area (Å²) in [6, 6.07) is 13.2. The molecule has 8 heteroatoms.